The average Bonchev–Trinajstić information content (AvgIpc) is 2.59. The maximum absolute atomic E-state index is 13.2. The van der Waals surface area contributed by atoms with Gasteiger partial charge in [-0.25, -0.2) is 4.79 Å². The van der Waals surface area contributed by atoms with Gasteiger partial charge in [0.2, 0.25) is 8.32 Å². The number of ether oxygens (including phenoxy) is 1. The molecule has 1 rings (SSSR count). The van der Waals surface area contributed by atoms with Gasteiger partial charge in [-0.3, -0.25) is 14.9 Å². The summed E-state index contributed by atoms with van der Waals surface area (Å²) in [5, 5.41) is 12.6. The molecular formula is C16H19F5N2O6Si. The molecule has 1 aromatic rings. The van der Waals surface area contributed by atoms with Gasteiger partial charge < -0.3 is 14.5 Å². The number of carbonyl (C=O) groups excluding carboxylic acids is 2. The molecule has 14 heteroatoms. The molecule has 0 aromatic heterocycles. The minimum atomic E-state index is -6.17. The van der Waals surface area contributed by atoms with E-state index in [0.29, 0.717) is 0 Å². The minimum Gasteiger partial charge on any atom is -0.540 e. The van der Waals surface area contributed by atoms with Crippen LogP contribution in [-0.4, -0.2) is 50.4 Å². The van der Waals surface area contributed by atoms with Crippen molar-refractivity contribution >= 4 is 25.9 Å². The predicted molar refractivity (Wildman–Crippen MR) is 95.7 cm³/mol. The summed E-state index contributed by atoms with van der Waals surface area (Å²) in [6.07, 6.45) is -6.81. The Bertz CT molecular complexity index is 825. The predicted octanol–water partition coefficient (Wildman–Crippen LogP) is 3.21. The van der Waals surface area contributed by atoms with Crippen LogP contribution in [-0.2, 0) is 20.7 Å². The summed E-state index contributed by atoms with van der Waals surface area (Å²) in [5.74, 6) is -9.88. The Morgan fingerprint density at radius 2 is 1.77 bits per heavy atom. The van der Waals surface area contributed by atoms with Crippen LogP contribution in [0, 0.1) is 10.1 Å². The molecule has 0 aliphatic rings. The van der Waals surface area contributed by atoms with Crippen LogP contribution in [0.2, 0.25) is 19.6 Å². The smallest absolute Gasteiger partial charge is 0.463 e. The third-order valence-corrected chi connectivity index (χ3v) is 4.34. The van der Waals surface area contributed by atoms with Crippen LogP contribution in [0.3, 0.4) is 0 Å². The lowest BCUT2D eigenvalue weighted by Crippen LogP contribution is -2.55. The van der Waals surface area contributed by atoms with Gasteiger partial charge in [-0.1, -0.05) is 6.07 Å². The van der Waals surface area contributed by atoms with Crippen LogP contribution >= 0.6 is 0 Å². The number of carbonyl (C=O) groups is 2. The summed E-state index contributed by atoms with van der Waals surface area (Å²) in [7, 11) is -1.40. The number of hydrogen-bond donors (Lipinski definition) is 1. The minimum absolute atomic E-state index is 0.00403. The summed E-state index contributed by atoms with van der Waals surface area (Å²) in [6, 6.07) is 1.50. The van der Waals surface area contributed by atoms with Gasteiger partial charge in [0, 0.05) is 12.5 Å². The SMILES string of the molecule is COC(=O)[C@H](Cc1ccc(O[Si](C)(C)C)c([N+](=O)[O-])c1)NC(=O)C(F)(F)C(F)(F)F. The fourth-order valence-electron chi connectivity index (χ4n) is 2.20. The van der Waals surface area contributed by atoms with Gasteiger partial charge in [0.1, 0.15) is 6.04 Å². The van der Waals surface area contributed by atoms with E-state index < -0.39 is 55.4 Å². The van der Waals surface area contributed by atoms with Crippen LogP contribution in [0.15, 0.2) is 18.2 Å². The fourth-order valence-corrected chi connectivity index (χ4v) is 3.03. The van der Waals surface area contributed by atoms with E-state index in [9.17, 15) is 41.7 Å². The number of alkyl halides is 5. The third-order valence-electron chi connectivity index (χ3n) is 3.51. The largest absolute Gasteiger partial charge is 0.540 e. The molecule has 0 unspecified atom stereocenters. The van der Waals surface area contributed by atoms with Crippen molar-refractivity contribution in [1.82, 2.24) is 5.32 Å². The molecule has 0 aliphatic carbocycles. The van der Waals surface area contributed by atoms with Crippen LogP contribution in [0.4, 0.5) is 27.6 Å². The highest BCUT2D eigenvalue weighted by Crippen LogP contribution is 2.36. The van der Waals surface area contributed by atoms with Crippen molar-refractivity contribution in [3.05, 3.63) is 33.9 Å². The normalized spacial score (nSPS) is 13.4. The van der Waals surface area contributed by atoms with E-state index in [4.69, 9.17) is 4.43 Å². The maximum atomic E-state index is 13.2. The first-order valence-corrected chi connectivity index (χ1v) is 11.7. The number of nitro groups is 1. The van der Waals surface area contributed by atoms with E-state index in [2.05, 4.69) is 4.74 Å². The molecule has 30 heavy (non-hydrogen) atoms. The van der Waals surface area contributed by atoms with Gasteiger partial charge in [-0.2, -0.15) is 22.0 Å². The molecule has 168 valence electrons. The maximum Gasteiger partial charge on any atom is 0.463 e. The molecule has 0 aliphatic heterocycles. The summed E-state index contributed by atoms with van der Waals surface area (Å²) in [6.45, 7) is 5.32. The Labute approximate surface area is 168 Å². The summed E-state index contributed by atoms with van der Waals surface area (Å²) < 4.78 is 73.3. The number of benzene rings is 1. The number of hydrogen-bond acceptors (Lipinski definition) is 6. The quantitative estimate of drug-likeness (QED) is 0.211. The lowest BCUT2D eigenvalue weighted by atomic mass is 10.0. The van der Waals surface area contributed by atoms with Gasteiger partial charge >= 0.3 is 29.7 Å². The first kappa shape index (κ1) is 25.3. The van der Waals surface area contributed by atoms with Crippen LogP contribution in [0.1, 0.15) is 5.56 Å². The van der Waals surface area contributed by atoms with Crippen molar-refractivity contribution < 1.29 is 45.6 Å². The van der Waals surface area contributed by atoms with Crippen LogP contribution < -0.4 is 9.74 Å². The molecule has 0 heterocycles. The molecule has 0 spiro atoms. The van der Waals surface area contributed by atoms with Gasteiger partial charge in [-0.15, -0.1) is 0 Å². The highest BCUT2D eigenvalue weighted by molar-refractivity contribution is 6.70. The summed E-state index contributed by atoms with van der Waals surface area (Å²) in [5.41, 5.74) is -0.499. The number of nitrogens with one attached hydrogen (secondary N) is 1. The first-order valence-electron chi connectivity index (χ1n) is 8.29. The Kier molecular flexibility index (Phi) is 7.52. The van der Waals surface area contributed by atoms with E-state index in [1.807, 2.05) is 0 Å². The second-order valence-electron chi connectivity index (χ2n) is 7.10. The second kappa shape index (κ2) is 8.93. The molecule has 0 fully saturated rings. The molecule has 8 nitrogen and oxygen atoms in total. The lowest BCUT2D eigenvalue weighted by Gasteiger charge is -2.23. The fraction of sp³-hybridized carbons (Fsp3) is 0.500. The molecular weight excluding hydrogens is 439 g/mol. The second-order valence-corrected chi connectivity index (χ2v) is 11.5. The van der Waals surface area contributed by atoms with E-state index in [-0.39, 0.29) is 11.3 Å². The molecule has 1 atom stereocenters. The number of methoxy groups -OCH3 is 1. The Hall–Kier alpha value is -2.77. The zero-order valence-corrected chi connectivity index (χ0v) is 17.3. The summed E-state index contributed by atoms with van der Waals surface area (Å²) in [4.78, 5) is 33.7. The Balaban J connectivity index is 3.20. The van der Waals surface area contributed by atoms with Gasteiger partial charge in [0.25, 0.3) is 0 Å². The van der Waals surface area contributed by atoms with Crippen LogP contribution in [0.5, 0.6) is 5.75 Å². The topological polar surface area (TPSA) is 108 Å². The molecule has 0 radical (unpaired) electrons. The Morgan fingerprint density at radius 3 is 2.20 bits per heavy atom. The van der Waals surface area contributed by atoms with Crippen molar-refractivity contribution in [2.24, 2.45) is 0 Å². The molecule has 1 amide bonds. The van der Waals surface area contributed by atoms with E-state index in [1.165, 1.54) is 17.4 Å². The number of amides is 1. The first-order chi connectivity index (χ1) is 13.5. The monoisotopic (exact) mass is 458 g/mol. The molecule has 1 aromatic carbocycles. The number of esters is 1. The van der Waals surface area contributed by atoms with E-state index >= 15 is 0 Å². The van der Waals surface area contributed by atoms with Gasteiger partial charge in [-0.05, 0) is 31.3 Å². The molecule has 0 saturated carbocycles. The average molecular weight is 458 g/mol. The zero-order chi connectivity index (χ0) is 23.5. The highest BCUT2D eigenvalue weighted by atomic mass is 28.4. The molecule has 0 bridgehead atoms. The van der Waals surface area contributed by atoms with Gasteiger partial charge in [0.15, 0.2) is 5.75 Å². The standard InChI is InChI=1S/C16H19F5N2O6Si/c1-28-13(24)10(22-14(25)15(17,18)16(19,20)21)7-9-5-6-12(29-30(2,3)4)11(8-9)23(26)27/h5-6,8,10H,7H2,1-4H3,(H,22,25)/t10-/m0/s1. The number of rotatable bonds is 8. The highest BCUT2D eigenvalue weighted by Gasteiger charge is 2.63. The van der Waals surface area contributed by atoms with Crippen molar-refractivity contribution in [3.8, 4) is 5.75 Å². The Morgan fingerprint density at radius 1 is 1.20 bits per heavy atom. The van der Waals surface area contributed by atoms with E-state index in [1.54, 1.807) is 19.6 Å². The van der Waals surface area contributed by atoms with E-state index in [0.717, 1.165) is 13.2 Å². The van der Waals surface area contributed by atoms with Crippen molar-refractivity contribution in [1.29, 1.82) is 0 Å². The van der Waals surface area contributed by atoms with Crippen molar-refractivity contribution in [2.45, 2.75) is 44.2 Å². The number of nitrogens with zero attached hydrogens (tertiary/aromatic N) is 1. The molecule has 1 N–H and O–H groups in total. The zero-order valence-electron chi connectivity index (χ0n) is 16.3. The van der Waals surface area contributed by atoms with Crippen LogP contribution in [0.25, 0.3) is 0 Å². The number of halogens is 5. The summed E-state index contributed by atoms with van der Waals surface area (Å²) >= 11 is 0. The number of nitro benzene ring substituents is 1. The molecule has 0 saturated heterocycles. The third kappa shape index (κ3) is 6.37. The van der Waals surface area contributed by atoms with Gasteiger partial charge in [0.05, 0.1) is 12.0 Å². The van der Waals surface area contributed by atoms with Crippen molar-refractivity contribution in [2.75, 3.05) is 7.11 Å². The van der Waals surface area contributed by atoms with Crippen molar-refractivity contribution in [3.63, 3.8) is 0 Å². The lowest BCUT2D eigenvalue weighted by molar-refractivity contribution is -0.385.